The molecule has 11 nitrogen and oxygen atoms in total. The first-order valence-corrected chi connectivity index (χ1v) is 10.2. The Bertz CT molecular complexity index is 1230. The number of hydrazone groups is 1. The van der Waals surface area contributed by atoms with Gasteiger partial charge in [-0.25, -0.2) is 9.80 Å². The van der Waals surface area contributed by atoms with Crippen molar-refractivity contribution in [1.29, 1.82) is 0 Å². The molecule has 0 spiro atoms. The minimum atomic E-state index is -0.805. The van der Waals surface area contributed by atoms with Gasteiger partial charge in [-0.05, 0) is 12.1 Å². The van der Waals surface area contributed by atoms with Crippen LogP contribution in [0.25, 0.3) is 0 Å². The van der Waals surface area contributed by atoms with Crippen LogP contribution in [0.1, 0.15) is 36.9 Å². The maximum atomic E-state index is 12.8. The number of rotatable bonds is 8. The third-order valence-corrected chi connectivity index (χ3v) is 5.33. The van der Waals surface area contributed by atoms with Crippen LogP contribution in [0.15, 0.2) is 39.5 Å². The third kappa shape index (κ3) is 4.09. The second kappa shape index (κ2) is 9.63. The van der Waals surface area contributed by atoms with E-state index in [1.54, 1.807) is 19.1 Å². The fraction of sp³-hybridized carbons (Fsp3) is 0.364. The third-order valence-electron chi connectivity index (χ3n) is 5.33. The maximum Gasteiger partial charge on any atom is 0.331 e. The number of nitrogens with one attached hydrogen (secondary N) is 1. The largest absolute Gasteiger partial charge is 0.494 e. The molecule has 2 N–H and O–H groups in total. The van der Waals surface area contributed by atoms with Crippen molar-refractivity contribution in [2.45, 2.75) is 32.4 Å². The van der Waals surface area contributed by atoms with Crippen LogP contribution in [0, 0.1) is 0 Å². The van der Waals surface area contributed by atoms with E-state index in [0.29, 0.717) is 22.8 Å². The molecule has 176 valence electrons. The van der Waals surface area contributed by atoms with E-state index >= 15 is 0 Å². The van der Waals surface area contributed by atoms with Crippen LogP contribution >= 0.6 is 0 Å². The number of methoxy groups -OCH3 is 3. The molecule has 0 aliphatic carbocycles. The van der Waals surface area contributed by atoms with Crippen molar-refractivity contribution in [1.82, 2.24) is 14.6 Å². The quantitative estimate of drug-likeness (QED) is 0.573. The number of benzene rings is 1. The lowest BCUT2D eigenvalue weighted by atomic mass is 9.97. The van der Waals surface area contributed by atoms with E-state index in [-0.39, 0.29) is 36.6 Å². The van der Waals surface area contributed by atoms with Gasteiger partial charge in [0, 0.05) is 24.9 Å². The van der Waals surface area contributed by atoms with E-state index in [9.17, 15) is 19.5 Å². The van der Waals surface area contributed by atoms with Crippen molar-refractivity contribution < 1.29 is 24.1 Å². The molecule has 0 radical (unpaired) electrons. The summed E-state index contributed by atoms with van der Waals surface area (Å²) in [5.41, 5.74) is -1.05. The average Bonchev–Trinajstić information content (AvgIpc) is 3.24. The number of hydrogen-bond donors (Lipinski definition) is 2. The first-order chi connectivity index (χ1) is 15.8. The molecule has 1 aromatic carbocycles. The molecule has 2 heterocycles. The van der Waals surface area contributed by atoms with Crippen LogP contribution in [0.5, 0.6) is 23.1 Å². The summed E-state index contributed by atoms with van der Waals surface area (Å²) in [4.78, 5) is 39.6. The molecule has 0 bridgehead atoms. The number of aromatic hydroxyl groups is 1. The van der Waals surface area contributed by atoms with Crippen molar-refractivity contribution in [2.75, 3.05) is 21.3 Å². The number of allylic oxidation sites excluding steroid dienone is 1. The van der Waals surface area contributed by atoms with Gasteiger partial charge in [0.15, 0.2) is 11.5 Å². The van der Waals surface area contributed by atoms with Gasteiger partial charge in [-0.3, -0.25) is 19.1 Å². The van der Waals surface area contributed by atoms with E-state index in [1.807, 2.05) is 0 Å². The van der Waals surface area contributed by atoms with E-state index in [1.165, 1.54) is 32.4 Å². The topological polar surface area (TPSA) is 135 Å². The second-order valence-corrected chi connectivity index (χ2v) is 7.14. The highest BCUT2D eigenvalue weighted by molar-refractivity contribution is 6.04. The lowest BCUT2D eigenvalue weighted by molar-refractivity contribution is -0.132. The molecule has 1 aliphatic heterocycles. The molecule has 1 amide bonds. The van der Waals surface area contributed by atoms with Crippen molar-refractivity contribution in [3.05, 3.63) is 56.8 Å². The molecule has 3 rings (SSSR count). The molecule has 11 heteroatoms. The number of hydrogen-bond acceptors (Lipinski definition) is 8. The molecule has 1 unspecified atom stereocenters. The molecule has 1 atom stereocenters. The SMILES string of the molecule is C=CCn1c(O)c(C2=NN(C(=O)CC)C(c3ccc(OC)c(OC)c3OC)C2)c(=O)[nH]c1=O. The number of aromatic amines is 1. The van der Waals surface area contributed by atoms with Crippen molar-refractivity contribution >= 4 is 11.6 Å². The summed E-state index contributed by atoms with van der Waals surface area (Å²) in [6, 6.07) is 2.75. The minimum absolute atomic E-state index is 0.0216. The fourth-order valence-corrected chi connectivity index (χ4v) is 3.80. The van der Waals surface area contributed by atoms with E-state index in [2.05, 4.69) is 16.7 Å². The smallest absolute Gasteiger partial charge is 0.331 e. The summed E-state index contributed by atoms with van der Waals surface area (Å²) in [6.07, 6.45) is 1.64. The van der Waals surface area contributed by atoms with Gasteiger partial charge in [0.2, 0.25) is 17.5 Å². The van der Waals surface area contributed by atoms with Gasteiger partial charge in [-0.1, -0.05) is 13.0 Å². The first kappa shape index (κ1) is 23.6. The van der Waals surface area contributed by atoms with E-state index in [4.69, 9.17) is 14.2 Å². The van der Waals surface area contributed by atoms with Crippen LogP contribution in [0.2, 0.25) is 0 Å². The molecule has 0 saturated heterocycles. The Kier molecular flexibility index (Phi) is 6.90. The van der Waals surface area contributed by atoms with Gasteiger partial charge in [0.1, 0.15) is 5.56 Å². The predicted molar refractivity (Wildman–Crippen MR) is 120 cm³/mol. The Morgan fingerprint density at radius 1 is 1.24 bits per heavy atom. The first-order valence-electron chi connectivity index (χ1n) is 10.2. The number of H-pyrrole nitrogens is 1. The molecule has 0 fully saturated rings. The number of amides is 1. The van der Waals surface area contributed by atoms with Crippen molar-refractivity contribution in [2.24, 2.45) is 5.10 Å². The van der Waals surface area contributed by atoms with Gasteiger partial charge in [0.05, 0.1) is 33.1 Å². The molecule has 0 saturated carbocycles. The molecular weight excluding hydrogens is 432 g/mol. The molecular formula is C22H26N4O7. The lowest BCUT2D eigenvalue weighted by Gasteiger charge is -2.24. The van der Waals surface area contributed by atoms with Crippen LogP contribution in [-0.2, 0) is 11.3 Å². The number of carbonyl (C=O) groups excluding carboxylic acids is 1. The summed E-state index contributed by atoms with van der Waals surface area (Å²) < 4.78 is 17.3. The minimum Gasteiger partial charge on any atom is -0.494 e. The Labute approximate surface area is 189 Å². The highest BCUT2D eigenvalue weighted by Gasteiger charge is 2.37. The standard InChI is InChI=1S/C22H26N4O7/c1-6-10-25-21(29)17(20(28)23-22(25)30)13-11-14(26(24-13)16(27)7-2)12-8-9-15(31-3)19(33-5)18(12)32-4/h6,8-9,14,29H,1,7,10-11H2,2-5H3,(H,23,28,30). The Morgan fingerprint density at radius 3 is 2.52 bits per heavy atom. The fourth-order valence-electron chi connectivity index (χ4n) is 3.80. The zero-order chi connectivity index (χ0) is 24.3. The summed E-state index contributed by atoms with van der Waals surface area (Å²) in [5.74, 6) is 0.279. The van der Waals surface area contributed by atoms with E-state index in [0.717, 1.165) is 4.57 Å². The molecule has 33 heavy (non-hydrogen) atoms. The number of nitrogens with zero attached hydrogens (tertiary/aromatic N) is 3. The van der Waals surface area contributed by atoms with Gasteiger partial charge in [-0.15, -0.1) is 6.58 Å². The van der Waals surface area contributed by atoms with E-state index < -0.39 is 23.2 Å². The van der Waals surface area contributed by atoms with Crippen molar-refractivity contribution in [3.8, 4) is 23.1 Å². The van der Waals surface area contributed by atoms with Gasteiger partial charge in [-0.2, -0.15) is 5.10 Å². The molecule has 1 aliphatic rings. The van der Waals surface area contributed by atoms with Gasteiger partial charge < -0.3 is 19.3 Å². The maximum absolute atomic E-state index is 12.8. The zero-order valence-corrected chi connectivity index (χ0v) is 18.9. The van der Waals surface area contributed by atoms with Crippen LogP contribution < -0.4 is 25.5 Å². The summed E-state index contributed by atoms with van der Waals surface area (Å²) in [7, 11) is 4.43. The predicted octanol–water partition coefficient (Wildman–Crippen LogP) is 1.54. The number of carbonyl (C=O) groups is 1. The van der Waals surface area contributed by atoms with Crippen LogP contribution in [0.3, 0.4) is 0 Å². The number of ether oxygens (including phenoxy) is 3. The lowest BCUT2D eigenvalue weighted by Crippen LogP contribution is -2.33. The molecule has 2 aromatic rings. The Hall–Kier alpha value is -4.02. The normalized spacial score (nSPS) is 15.2. The van der Waals surface area contributed by atoms with Crippen LogP contribution in [-0.4, -0.2) is 52.6 Å². The summed E-state index contributed by atoms with van der Waals surface area (Å²) in [6.45, 7) is 5.22. The summed E-state index contributed by atoms with van der Waals surface area (Å²) >= 11 is 0. The average molecular weight is 458 g/mol. The van der Waals surface area contributed by atoms with Gasteiger partial charge >= 0.3 is 5.69 Å². The van der Waals surface area contributed by atoms with Crippen molar-refractivity contribution in [3.63, 3.8) is 0 Å². The Morgan fingerprint density at radius 2 is 1.94 bits per heavy atom. The zero-order valence-electron chi connectivity index (χ0n) is 18.9. The summed E-state index contributed by atoms with van der Waals surface area (Å²) in [5, 5.41) is 16.3. The second-order valence-electron chi connectivity index (χ2n) is 7.14. The number of aromatic nitrogens is 2. The highest BCUT2D eigenvalue weighted by atomic mass is 16.5. The highest BCUT2D eigenvalue weighted by Crippen LogP contribution is 2.46. The Balaban J connectivity index is 2.18. The molecule has 1 aromatic heterocycles. The monoisotopic (exact) mass is 458 g/mol. The van der Waals surface area contributed by atoms with Crippen LogP contribution in [0.4, 0.5) is 0 Å². The van der Waals surface area contributed by atoms with Gasteiger partial charge in [0.25, 0.3) is 5.56 Å².